The first-order chi connectivity index (χ1) is 12.2. The van der Waals surface area contributed by atoms with E-state index in [1.807, 2.05) is 6.07 Å². The zero-order valence-corrected chi connectivity index (χ0v) is 18.5. The number of unbranched alkanes of at least 4 members (excludes halogenated alkanes) is 1. The first-order valence-corrected chi connectivity index (χ1v) is 9.69. The lowest BCUT2D eigenvalue weighted by Gasteiger charge is -2.33. The highest BCUT2D eigenvalue weighted by molar-refractivity contribution is 14.0. The summed E-state index contributed by atoms with van der Waals surface area (Å²) in [6.45, 7) is 9.07. The van der Waals surface area contributed by atoms with E-state index in [0.717, 1.165) is 37.1 Å². The standard InChI is InChI=1S/C20H33FN4.HI/c1-3-22-20(24-16-18-10-8-11-19(21)15-18)23-12-5-7-14-25-13-6-4-9-17(25)2;/h8,10-11,15,17H,3-7,9,12-14,16H2,1-2H3,(H2,22,23,24);1H. The third-order valence-electron chi connectivity index (χ3n) is 4.76. The summed E-state index contributed by atoms with van der Waals surface area (Å²) in [7, 11) is 0. The van der Waals surface area contributed by atoms with E-state index in [9.17, 15) is 4.39 Å². The summed E-state index contributed by atoms with van der Waals surface area (Å²) in [6.07, 6.45) is 6.41. The first kappa shape index (κ1) is 23.1. The van der Waals surface area contributed by atoms with Crippen LogP contribution in [0.25, 0.3) is 0 Å². The number of aliphatic imine (C=N–C) groups is 1. The van der Waals surface area contributed by atoms with Gasteiger partial charge < -0.3 is 15.5 Å². The maximum Gasteiger partial charge on any atom is 0.191 e. The van der Waals surface area contributed by atoms with Gasteiger partial charge in [-0.2, -0.15) is 0 Å². The molecule has 1 heterocycles. The molecule has 0 saturated carbocycles. The fourth-order valence-electron chi connectivity index (χ4n) is 3.28. The van der Waals surface area contributed by atoms with Gasteiger partial charge in [0.05, 0.1) is 6.54 Å². The number of benzene rings is 1. The van der Waals surface area contributed by atoms with Crippen LogP contribution in [0.15, 0.2) is 29.3 Å². The predicted octanol–water partition coefficient (Wildman–Crippen LogP) is 4.15. The number of hydrogen-bond acceptors (Lipinski definition) is 2. The highest BCUT2D eigenvalue weighted by atomic mass is 127. The summed E-state index contributed by atoms with van der Waals surface area (Å²) in [5.41, 5.74) is 0.885. The zero-order valence-electron chi connectivity index (χ0n) is 16.1. The SMILES string of the molecule is CCNC(=NCc1cccc(F)c1)NCCCCN1CCCCC1C.I. The number of piperidine rings is 1. The molecule has 1 saturated heterocycles. The van der Waals surface area contributed by atoms with Crippen LogP contribution in [0.4, 0.5) is 4.39 Å². The van der Waals surface area contributed by atoms with E-state index in [1.165, 1.54) is 50.9 Å². The van der Waals surface area contributed by atoms with Gasteiger partial charge in [0.2, 0.25) is 0 Å². The van der Waals surface area contributed by atoms with Gasteiger partial charge in [0, 0.05) is 19.1 Å². The van der Waals surface area contributed by atoms with E-state index in [2.05, 4.69) is 34.4 Å². The Balaban J connectivity index is 0.00000338. The zero-order chi connectivity index (χ0) is 17.9. The molecule has 1 fully saturated rings. The Morgan fingerprint density at radius 1 is 1.27 bits per heavy atom. The van der Waals surface area contributed by atoms with Crippen molar-refractivity contribution in [3.8, 4) is 0 Å². The lowest BCUT2D eigenvalue weighted by molar-refractivity contribution is 0.158. The van der Waals surface area contributed by atoms with Crippen molar-refractivity contribution in [3.63, 3.8) is 0 Å². The van der Waals surface area contributed by atoms with Gasteiger partial charge in [0.1, 0.15) is 5.82 Å². The van der Waals surface area contributed by atoms with Crippen molar-refractivity contribution in [2.24, 2.45) is 4.99 Å². The second-order valence-corrected chi connectivity index (χ2v) is 6.84. The van der Waals surface area contributed by atoms with E-state index in [-0.39, 0.29) is 29.8 Å². The normalized spacial score (nSPS) is 18.3. The average Bonchev–Trinajstić information content (AvgIpc) is 2.61. The molecule has 1 atom stereocenters. The monoisotopic (exact) mass is 476 g/mol. The molecular formula is C20H34FIN4. The molecule has 2 rings (SSSR count). The van der Waals surface area contributed by atoms with Crippen LogP contribution in [0.5, 0.6) is 0 Å². The number of halogens is 2. The van der Waals surface area contributed by atoms with Crippen LogP contribution in [-0.2, 0) is 6.54 Å². The summed E-state index contributed by atoms with van der Waals surface area (Å²) in [6, 6.07) is 7.36. The van der Waals surface area contributed by atoms with E-state index >= 15 is 0 Å². The van der Waals surface area contributed by atoms with Gasteiger partial charge in [-0.25, -0.2) is 9.38 Å². The van der Waals surface area contributed by atoms with Crippen molar-refractivity contribution in [2.75, 3.05) is 26.2 Å². The average molecular weight is 476 g/mol. The van der Waals surface area contributed by atoms with Gasteiger partial charge in [-0.15, -0.1) is 24.0 Å². The fourth-order valence-corrected chi connectivity index (χ4v) is 3.28. The Kier molecular flexibility index (Phi) is 11.8. The molecule has 148 valence electrons. The Bertz CT molecular complexity index is 538. The third kappa shape index (κ3) is 8.66. The number of likely N-dealkylation sites (tertiary alicyclic amines) is 1. The van der Waals surface area contributed by atoms with Gasteiger partial charge in [0.25, 0.3) is 0 Å². The molecule has 1 aromatic carbocycles. The molecule has 1 unspecified atom stereocenters. The number of nitrogens with zero attached hydrogens (tertiary/aromatic N) is 2. The van der Waals surface area contributed by atoms with Gasteiger partial charge >= 0.3 is 0 Å². The van der Waals surface area contributed by atoms with Gasteiger partial charge in [-0.1, -0.05) is 18.6 Å². The van der Waals surface area contributed by atoms with Crippen LogP contribution in [0.3, 0.4) is 0 Å². The minimum atomic E-state index is -0.211. The summed E-state index contributed by atoms with van der Waals surface area (Å²) in [5.74, 6) is 0.593. The minimum Gasteiger partial charge on any atom is -0.357 e. The quantitative estimate of drug-likeness (QED) is 0.256. The van der Waals surface area contributed by atoms with Gasteiger partial charge in [-0.3, -0.25) is 0 Å². The summed E-state index contributed by atoms with van der Waals surface area (Å²) in [5, 5.41) is 6.63. The molecule has 0 aliphatic carbocycles. The topological polar surface area (TPSA) is 39.7 Å². The van der Waals surface area contributed by atoms with Crippen molar-refractivity contribution >= 4 is 29.9 Å². The molecule has 1 aromatic rings. The Morgan fingerprint density at radius 3 is 2.85 bits per heavy atom. The lowest BCUT2D eigenvalue weighted by atomic mass is 10.0. The molecule has 0 amide bonds. The molecule has 0 spiro atoms. The Hall–Kier alpha value is -0.890. The molecule has 1 aliphatic heterocycles. The highest BCUT2D eigenvalue weighted by Gasteiger charge is 2.16. The molecular weight excluding hydrogens is 442 g/mol. The van der Waals surface area contributed by atoms with E-state index in [0.29, 0.717) is 6.54 Å². The van der Waals surface area contributed by atoms with Crippen molar-refractivity contribution < 1.29 is 4.39 Å². The Labute approximate surface area is 175 Å². The van der Waals surface area contributed by atoms with Crippen LogP contribution in [0.1, 0.15) is 51.5 Å². The van der Waals surface area contributed by atoms with Crippen LogP contribution in [0, 0.1) is 5.82 Å². The molecule has 0 bridgehead atoms. The van der Waals surface area contributed by atoms with Gasteiger partial charge in [0.15, 0.2) is 5.96 Å². The van der Waals surface area contributed by atoms with Crippen molar-refractivity contribution in [2.45, 2.75) is 58.5 Å². The van der Waals surface area contributed by atoms with E-state index in [4.69, 9.17) is 0 Å². The predicted molar refractivity (Wildman–Crippen MR) is 119 cm³/mol. The Morgan fingerprint density at radius 2 is 2.12 bits per heavy atom. The maximum absolute atomic E-state index is 13.2. The van der Waals surface area contributed by atoms with Crippen molar-refractivity contribution in [3.05, 3.63) is 35.6 Å². The van der Waals surface area contributed by atoms with Crippen LogP contribution in [-0.4, -0.2) is 43.1 Å². The molecule has 0 radical (unpaired) electrons. The number of hydrogen-bond donors (Lipinski definition) is 2. The first-order valence-electron chi connectivity index (χ1n) is 9.69. The van der Waals surface area contributed by atoms with Crippen LogP contribution < -0.4 is 10.6 Å². The summed E-state index contributed by atoms with van der Waals surface area (Å²) >= 11 is 0. The lowest BCUT2D eigenvalue weighted by Crippen LogP contribution is -2.39. The maximum atomic E-state index is 13.2. The third-order valence-corrected chi connectivity index (χ3v) is 4.76. The fraction of sp³-hybridized carbons (Fsp3) is 0.650. The van der Waals surface area contributed by atoms with Gasteiger partial charge in [-0.05, 0) is 70.3 Å². The highest BCUT2D eigenvalue weighted by Crippen LogP contribution is 2.16. The number of rotatable bonds is 8. The summed E-state index contributed by atoms with van der Waals surface area (Å²) < 4.78 is 13.2. The van der Waals surface area contributed by atoms with Crippen molar-refractivity contribution in [1.82, 2.24) is 15.5 Å². The smallest absolute Gasteiger partial charge is 0.191 e. The summed E-state index contributed by atoms with van der Waals surface area (Å²) in [4.78, 5) is 7.16. The number of nitrogens with one attached hydrogen (secondary N) is 2. The van der Waals surface area contributed by atoms with Crippen LogP contribution in [0.2, 0.25) is 0 Å². The molecule has 6 heteroatoms. The second kappa shape index (κ2) is 13.3. The molecule has 2 N–H and O–H groups in total. The van der Waals surface area contributed by atoms with Crippen LogP contribution >= 0.6 is 24.0 Å². The van der Waals surface area contributed by atoms with E-state index < -0.39 is 0 Å². The van der Waals surface area contributed by atoms with E-state index in [1.54, 1.807) is 6.07 Å². The molecule has 26 heavy (non-hydrogen) atoms. The number of guanidine groups is 1. The molecule has 4 nitrogen and oxygen atoms in total. The molecule has 1 aliphatic rings. The molecule has 0 aromatic heterocycles. The van der Waals surface area contributed by atoms with Crippen molar-refractivity contribution in [1.29, 1.82) is 0 Å². The largest absolute Gasteiger partial charge is 0.357 e. The second-order valence-electron chi connectivity index (χ2n) is 6.84. The minimum absolute atomic E-state index is 0.